The first-order valence-corrected chi connectivity index (χ1v) is 5.36. The standard InChI is InChI=1S/C14H17N/c1-4-11-6-5-7-12(10-11)14(8-9-14)13(2,3)15/h1,5-7,10H,8-9,15H2,2-3H3. The van der Waals surface area contributed by atoms with E-state index in [9.17, 15) is 0 Å². The average Bonchev–Trinajstić information content (AvgIpc) is 2.97. The van der Waals surface area contributed by atoms with Gasteiger partial charge in [0.05, 0.1) is 0 Å². The molecule has 0 bridgehead atoms. The van der Waals surface area contributed by atoms with Crippen LogP contribution in [0.3, 0.4) is 0 Å². The molecule has 1 aromatic rings. The highest BCUT2D eigenvalue weighted by molar-refractivity contribution is 5.43. The quantitative estimate of drug-likeness (QED) is 0.727. The van der Waals surface area contributed by atoms with Gasteiger partial charge >= 0.3 is 0 Å². The first-order chi connectivity index (χ1) is 6.99. The third-order valence-electron chi connectivity index (χ3n) is 3.57. The molecule has 1 nitrogen and oxygen atoms in total. The number of benzene rings is 1. The predicted octanol–water partition coefficient (Wildman–Crippen LogP) is 2.44. The van der Waals surface area contributed by atoms with E-state index >= 15 is 0 Å². The van der Waals surface area contributed by atoms with Gasteiger partial charge in [-0.3, -0.25) is 0 Å². The molecule has 1 aromatic carbocycles. The minimum atomic E-state index is -0.166. The third-order valence-corrected chi connectivity index (χ3v) is 3.57. The summed E-state index contributed by atoms with van der Waals surface area (Å²) in [7, 11) is 0. The lowest BCUT2D eigenvalue weighted by molar-refractivity contribution is 0.391. The predicted molar refractivity (Wildman–Crippen MR) is 63.6 cm³/mol. The van der Waals surface area contributed by atoms with E-state index in [1.165, 1.54) is 18.4 Å². The van der Waals surface area contributed by atoms with Gasteiger partial charge in [0.2, 0.25) is 0 Å². The molecule has 2 N–H and O–H groups in total. The van der Waals surface area contributed by atoms with Crippen LogP contribution in [0.2, 0.25) is 0 Å². The molecule has 0 atom stereocenters. The molecule has 0 radical (unpaired) electrons. The molecule has 2 rings (SSSR count). The monoisotopic (exact) mass is 199 g/mol. The fourth-order valence-electron chi connectivity index (χ4n) is 2.34. The topological polar surface area (TPSA) is 26.0 Å². The van der Waals surface area contributed by atoms with Crippen molar-refractivity contribution in [3.05, 3.63) is 35.4 Å². The van der Waals surface area contributed by atoms with E-state index in [0.29, 0.717) is 0 Å². The maximum absolute atomic E-state index is 6.25. The SMILES string of the molecule is C#Cc1cccc(C2(C(C)(C)N)CC2)c1. The molecule has 0 heterocycles. The first kappa shape index (κ1) is 10.3. The van der Waals surface area contributed by atoms with Gasteiger partial charge in [0.25, 0.3) is 0 Å². The van der Waals surface area contributed by atoms with Crippen molar-refractivity contribution in [3.63, 3.8) is 0 Å². The highest BCUT2D eigenvalue weighted by atomic mass is 14.8. The van der Waals surface area contributed by atoms with E-state index in [-0.39, 0.29) is 11.0 Å². The summed E-state index contributed by atoms with van der Waals surface area (Å²) in [5.41, 5.74) is 8.48. The number of hydrogen-bond donors (Lipinski definition) is 1. The second-order valence-corrected chi connectivity index (χ2v) is 5.03. The molecular weight excluding hydrogens is 182 g/mol. The molecule has 0 unspecified atom stereocenters. The summed E-state index contributed by atoms with van der Waals surface area (Å²) < 4.78 is 0. The fraction of sp³-hybridized carbons (Fsp3) is 0.429. The van der Waals surface area contributed by atoms with E-state index in [1.54, 1.807) is 0 Å². The molecule has 0 aromatic heterocycles. The molecule has 1 heteroatoms. The molecule has 1 aliphatic carbocycles. The van der Waals surface area contributed by atoms with Crippen LogP contribution in [0.15, 0.2) is 24.3 Å². The minimum absolute atomic E-state index is 0.153. The molecule has 0 saturated heterocycles. The van der Waals surface area contributed by atoms with Crippen molar-refractivity contribution in [2.75, 3.05) is 0 Å². The van der Waals surface area contributed by atoms with Crippen molar-refractivity contribution in [2.45, 2.75) is 37.6 Å². The molecule has 0 amide bonds. The Bertz CT molecular complexity index is 414. The average molecular weight is 199 g/mol. The zero-order chi connectivity index (χ0) is 11.1. The molecule has 15 heavy (non-hydrogen) atoms. The highest BCUT2D eigenvalue weighted by Crippen LogP contribution is 2.54. The van der Waals surface area contributed by atoms with E-state index in [4.69, 9.17) is 12.2 Å². The van der Waals surface area contributed by atoms with Gasteiger partial charge in [-0.2, -0.15) is 0 Å². The van der Waals surface area contributed by atoms with Gasteiger partial charge in [0, 0.05) is 16.5 Å². The molecule has 1 aliphatic rings. The molecule has 78 valence electrons. The Morgan fingerprint density at radius 1 is 1.40 bits per heavy atom. The van der Waals surface area contributed by atoms with Gasteiger partial charge in [-0.05, 0) is 44.4 Å². The molecule has 1 fully saturated rings. The molecular formula is C14H17N. The maximum Gasteiger partial charge on any atom is 0.0245 e. The van der Waals surface area contributed by atoms with Gasteiger partial charge < -0.3 is 5.73 Å². The van der Waals surface area contributed by atoms with E-state index < -0.39 is 0 Å². The maximum atomic E-state index is 6.25. The number of hydrogen-bond acceptors (Lipinski definition) is 1. The van der Waals surface area contributed by atoms with Crippen molar-refractivity contribution >= 4 is 0 Å². The van der Waals surface area contributed by atoms with Crippen molar-refractivity contribution in [1.29, 1.82) is 0 Å². The summed E-state index contributed by atoms with van der Waals surface area (Å²) in [5, 5.41) is 0. The van der Waals surface area contributed by atoms with Crippen molar-refractivity contribution in [3.8, 4) is 12.3 Å². The highest BCUT2D eigenvalue weighted by Gasteiger charge is 2.53. The minimum Gasteiger partial charge on any atom is -0.325 e. The van der Waals surface area contributed by atoms with Crippen molar-refractivity contribution < 1.29 is 0 Å². The first-order valence-electron chi connectivity index (χ1n) is 5.36. The van der Waals surface area contributed by atoms with Crippen LogP contribution in [0.25, 0.3) is 0 Å². The van der Waals surface area contributed by atoms with Gasteiger partial charge in [-0.1, -0.05) is 18.1 Å². The lowest BCUT2D eigenvalue weighted by atomic mass is 9.79. The van der Waals surface area contributed by atoms with Crippen LogP contribution in [-0.2, 0) is 5.41 Å². The van der Waals surface area contributed by atoms with Crippen LogP contribution in [0.5, 0.6) is 0 Å². The summed E-state index contributed by atoms with van der Waals surface area (Å²) in [6, 6.07) is 8.23. The lowest BCUT2D eigenvalue weighted by Crippen LogP contribution is -2.45. The summed E-state index contributed by atoms with van der Waals surface area (Å²) >= 11 is 0. The smallest absolute Gasteiger partial charge is 0.0245 e. The molecule has 0 spiro atoms. The van der Waals surface area contributed by atoms with Gasteiger partial charge in [0.1, 0.15) is 0 Å². The summed E-state index contributed by atoms with van der Waals surface area (Å²) in [5.74, 6) is 2.68. The summed E-state index contributed by atoms with van der Waals surface area (Å²) in [6.07, 6.45) is 7.75. The number of terminal acetylenes is 1. The molecule has 1 saturated carbocycles. The zero-order valence-corrected chi connectivity index (χ0v) is 9.38. The normalized spacial score (nSPS) is 18.3. The van der Waals surface area contributed by atoms with Crippen LogP contribution in [0.4, 0.5) is 0 Å². The fourth-order valence-corrected chi connectivity index (χ4v) is 2.34. The van der Waals surface area contributed by atoms with Crippen molar-refractivity contribution in [1.82, 2.24) is 0 Å². The van der Waals surface area contributed by atoms with Gasteiger partial charge in [-0.15, -0.1) is 6.42 Å². The van der Waals surface area contributed by atoms with Crippen LogP contribution in [0.1, 0.15) is 37.8 Å². The van der Waals surface area contributed by atoms with E-state index in [1.807, 2.05) is 12.1 Å². The second kappa shape index (κ2) is 3.12. The van der Waals surface area contributed by atoms with E-state index in [0.717, 1.165) is 5.56 Å². The van der Waals surface area contributed by atoms with Crippen LogP contribution in [0, 0.1) is 12.3 Å². The lowest BCUT2D eigenvalue weighted by Gasteiger charge is -2.31. The Hall–Kier alpha value is -1.26. The Morgan fingerprint density at radius 2 is 2.07 bits per heavy atom. The van der Waals surface area contributed by atoms with E-state index in [2.05, 4.69) is 31.9 Å². The van der Waals surface area contributed by atoms with Gasteiger partial charge in [0.15, 0.2) is 0 Å². The summed E-state index contributed by atoms with van der Waals surface area (Å²) in [6.45, 7) is 4.20. The molecule has 0 aliphatic heterocycles. The second-order valence-electron chi connectivity index (χ2n) is 5.03. The summed E-state index contributed by atoms with van der Waals surface area (Å²) in [4.78, 5) is 0. The Balaban J connectivity index is 2.43. The Kier molecular flexibility index (Phi) is 2.13. The Morgan fingerprint density at radius 3 is 2.53 bits per heavy atom. The largest absolute Gasteiger partial charge is 0.325 e. The number of rotatable bonds is 2. The third kappa shape index (κ3) is 1.56. The van der Waals surface area contributed by atoms with Gasteiger partial charge in [-0.25, -0.2) is 0 Å². The van der Waals surface area contributed by atoms with Crippen molar-refractivity contribution in [2.24, 2.45) is 5.73 Å². The van der Waals surface area contributed by atoms with Crippen LogP contribution in [-0.4, -0.2) is 5.54 Å². The zero-order valence-electron chi connectivity index (χ0n) is 9.38. The number of nitrogens with two attached hydrogens (primary N) is 1. The Labute approximate surface area is 91.7 Å². The van der Waals surface area contributed by atoms with Crippen LogP contribution >= 0.6 is 0 Å². The van der Waals surface area contributed by atoms with Crippen LogP contribution < -0.4 is 5.73 Å².